The van der Waals surface area contributed by atoms with Crippen LogP contribution in [0.5, 0.6) is 5.75 Å². The third-order valence-electron chi connectivity index (χ3n) is 5.33. The van der Waals surface area contributed by atoms with E-state index in [2.05, 4.69) is 27.1 Å². The first-order chi connectivity index (χ1) is 15.1. The van der Waals surface area contributed by atoms with Crippen molar-refractivity contribution >= 4 is 15.9 Å². The summed E-state index contributed by atoms with van der Waals surface area (Å²) in [5, 5.41) is 3.06. The summed E-state index contributed by atoms with van der Waals surface area (Å²) in [7, 11) is -2.44. The Labute approximate surface area is 191 Å². The average molecular weight is 460 g/mol. The van der Waals surface area contributed by atoms with Gasteiger partial charge in [-0.1, -0.05) is 30.3 Å². The molecule has 7 nitrogen and oxygen atoms in total. The SMILES string of the molecule is COc1ccc(C(=O)NC2CCN(Cc3ccccc3)CC2)cc1S(=O)(=O)NC(C)(C)C. The van der Waals surface area contributed by atoms with Gasteiger partial charge in [-0.25, -0.2) is 13.1 Å². The van der Waals surface area contributed by atoms with Gasteiger partial charge in [0.05, 0.1) is 7.11 Å². The van der Waals surface area contributed by atoms with E-state index in [9.17, 15) is 13.2 Å². The number of nitrogens with one attached hydrogen (secondary N) is 2. The lowest BCUT2D eigenvalue weighted by atomic mass is 10.0. The van der Waals surface area contributed by atoms with Crippen LogP contribution in [0.25, 0.3) is 0 Å². The summed E-state index contributed by atoms with van der Waals surface area (Å²) in [4.78, 5) is 15.2. The van der Waals surface area contributed by atoms with E-state index in [1.165, 1.54) is 24.8 Å². The molecule has 0 unspecified atom stereocenters. The van der Waals surface area contributed by atoms with Crippen LogP contribution in [-0.2, 0) is 16.6 Å². The number of piperidine rings is 1. The monoisotopic (exact) mass is 459 g/mol. The summed E-state index contributed by atoms with van der Waals surface area (Å²) in [6, 6.07) is 14.9. The molecular formula is C24H33N3O4S. The van der Waals surface area contributed by atoms with Crippen molar-refractivity contribution in [1.82, 2.24) is 14.9 Å². The summed E-state index contributed by atoms with van der Waals surface area (Å²) >= 11 is 0. The van der Waals surface area contributed by atoms with Gasteiger partial charge in [0.15, 0.2) is 0 Å². The average Bonchev–Trinajstić information content (AvgIpc) is 2.73. The van der Waals surface area contributed by atoms with E-state index in [0.717, 1.165) is 32.5 Å². The number of ether oxygens (including phenoxy) is 1. The normalized spacial score (nSPS) is 16.0. The maximum atomic E-state index is 12.9. The Balaban J connectivity index is 1.64. The number of likely N-dealkylation sites (tertiary alicyclic amines) is 1. The molecule has 0 aliphatic carbocycles. The zero-order chi connectivity index (χ0) is 23.4. The molecule has 0 atom stereocenters. The van der Waals surface area contributed by atoms with Crippen LogP contribution in [0.4, 0.5) is 0 Å². The van der Waals surface area contributed by atoms with Gasteiger partial charge in [-0.15, -0.1) is 0 Å². The zero-order valence-electron chi connectivity index (χ0n) is 19.2. The minimum Gasteiger partial charge on any atom is -0.495 e. The van der Waals surface area contributed by atoms with Crippen LogP contribution < -0.4 is 14.8 Å². The Hall–Kier alpha value is -2.42. The first-order valence-electron chi connectivity index (χ1n) is 10.9. The van der Waals surface area contributed by atoms with Crippen molar-refractivity contribution in [2.75, 3.05) is 20.2 Å². The van der Waals surface area contributed by atoms with Crippen LogP contribution in [0, 0.1) is 0 Å². The minimum atomic E-state index is -3.85. The van der Waals surface area contributed by atoms with Gasteiger partial charge in [0.25, 0.3) is 5.91 Å². The van der Waals surface area contributed by atoms with Crippen LogP contribution in [-0.4, -0.2) is 51.0 Å². The van der Waals surface area contributed by atoms with Gasteiger partial charge in [-0.05, 0) is 57.4 Å². The van der Waals surface area contributed by atoms with Gasteiger partial charge in [-0.3, -0.25) is 9.69 Å². The topological polar surface area (TPSA) is 87.7 Å². The number of carbonyl (C=O) groups excluding carboxylic acids is 1. The van der Waals surface area contributed by atoms with Crippen LogP contribution >= 0.6 is 0 Å². The van der Waals surface area contributed by atoms with Crippen LogP contribution in [0.2, 0.25) is 0 Å². The fraction of sp³-hybridized carbons (Fsp3) is 0.458. The summed E-state index contributed by atoms with van der Waals surface area (Å²) in [6.07, 6.45) is 1.71. The molecule has 0 radical (unpaired) electrons. The third kappa shape index (κ3) is 6.54. The number of nitrogens with zero attached hydrogens (tertiary/aromatic N) is 1. The molecule has 1 saturated heterocycles. The summed E-state index contributed by atoms with van der Waals surface area (Å²) in [5.41, 5.74) is 0.924. The van der Waals surface area contributed by atoms with Crippen LogP contribution in [0.1, 0.15) is 49.5 Å². The molecule has 1 heterocycles. The van der Waals surface area contributed by atoms with Crippen molar-refractivity contribution in [3.05, 3.63) is 59.7 Å². The number of hydrogen-bond donors (Lipinski definition) is 2. The standard InChI is InChI=1S/C24H33N3O4S/c1-24(2,3)26-32(29,30)22-16-19(10-11-21(22)31-4)23(28)25-20-12-14-27(15-13-20)17-18-8-6-5-7-9-18/h5-11,16,20,26H,12-15,17H2,1-4H3,(H,25,28). The van der Waals surface area contributed by atoms with E-state index in [-0.39, 0.29) is 22.6 Å². The van der Waals surface area contributed by atoms with Gasteiger partial charge in [0, 0.05) is 36.8 Å². The molecule has 0 spiro atoms. The second-order valence-corrected chi connectivity index (χ2v) is 10.9. The van der Waals surface area contributed by atoms with Crippen molar-refractivity contribution in [3.63, 3.8) is 0 Å². The second-order valence-electron chi connectivity index (χ2n) is 9.23. The molecule has 1 aliphatic heterocycles. The van der Waals surface area contributed by atoms with E-state index in [0.29, 0.717) is 5.56 Å². The predicted octanol–water partition coefficient (Wildman–Crippen LogP) is 3.17. The highest BCUT2D eigenvalue weighted by atomic mass is 32.2. The predicted molar refractivity (Wildman–Crippen MR) is 125 cm³/mol. The number of hydrogen-bond acceptors (Lipinski definition) is 5. The Morgan fingerprint density at radius 1 is 1.09 bits per heavy atom. The van der Waals surface area contributed by atoms with E-state index in [1.807, 2.05) is 18.2 Å². The first kappa shape index (κ1) is 24.2. The molecule has 1 fully saturated rings. The van der Waals surface area contributed by atoms with Gasteiger partial charge < -0.3 is 10.1 Å². The number of benzene rings is 2. The molecule has 2 N–H and O–H groups in total. The van der Waals surface area contributed by atoms with E-state index in [1.54, 1.807) is 26.8 Å². The fourth-order valence-electron chi connectivity index (χ4n) is 3.83. The number of sulfonamides is 1. The highest BCUT2D eigenvalue weighted by Gasteiger charge is 2.27. The number of rotatable bonds is 7. The molecule has 32 heavy (non-hydrogen) atoms. The molecule has 0 aromatic heterocycles. The van der Waals surface area contributed by atoms with Gasteiger partial charge in [0.2, 0.25) is 10.0 Å². The third-order valence-corrected chi connectivity index (χ3v) is 7.11. The van der Waals surface area contributed by atoms with Crippen molar-refractivity contribution < 1.29 is 17.9 Å². The Morgan fingerprint density at radius 3 is 2.34 bits per heavy atom. The van der Waals surface area contributed by atoms with Gasteiger partial charge in [-0.2, -0.15) is 0 Å². The van der Waals surface area contributed by atoms with Crippen LogP contribution in [0.3, 0.4) is 0 Å². The van der Waals surface area contributed by atoms with E-state index in [4.69, 9.17) is 4.74 Å². The lowest BCUT2D eigenvalue weighted by Gasteiger charge is -2.32. The molecule has 2 aromatic carbocycles. The number of methoxy groups -OCH3 is 1. The van der Waals surface area contributed by atoms with Gasteiger partial charge in [0.1, 0.15) is 10.6 Å². The van der Waals surface area contributed by atoms with E-state index >= 15 is 0 Å². The highest BCUT2D eigenvalue weighted by Crippen LogP contribution is 2.26. The maximum absolute atomic E-state index is 12.9. The molecule has 1 amide bonds. The first-order valence-corrected chi connectivity index (χ1v) is 12.3. The quantitative estimate of drug-likeness (QED) is 0.664. The van der Waals surface area contributed by atoms with Crippen molar-refractivity contribution in [2.24, 2.45) is 0 Å². The summed E-state index contributed by atoms with van der Waals surface area (Å²) < 4.78 is 33.5. The Kier molecular flexibility index (Phi) is 7.59. The number of carbonyl (C=O) groups is 1. The van der Waals surface area contributed by atoms with Crippen LogP contribution in [0.15, 0.2) is 53.4 Å². The van der Waals surface area contributed by atoms with Crippen molar-refractivity contribution in [2.45, 2.75) is 56.6 Å². The molecule has 174 valence electrons. The largest absolute Gasteiger partial charge is 0.495 e. The maximum Gasteiger partial charge on any atom is 0.251 e. The van der Waals surface area contributed by atoms with Crippen molar-refractivity contribution in [3.8, 4) is 5.75 Å². The molecule has 3 rings (SSSR count). The molecule has 8 heteroatoms. The minimum absolute atomic E-state index is 0.0414. The fourth-order valence-corrected chi connectivity index (χ4v) is 5.45. The molecule has 1 aliphatic rings. The molecule has 2 aromatic rings. The number of amides is 1. The summed E-state index contributed by atoms with van der Waals surface area (Å²) in [6.45, 7) is 7.99. The van der Waals surface area contributed by atoms with Crippen molar-refractivity contribution in [1.29, 1.82) is 0 Å². The Bertz CT molecular complexity index is 1020. The Morgan fingerprint density at radius 2 is 1.75 bits per heavy atom. The zero-order valence-corrected chi connectivity index (χ0v) is 20.0. The summed E-state index contributed by atoms with van der Waals surface area (Å²) in [5.74, 6) is -0.0751. The highest BCUT2D eigenvalue weighted by molar-refractivity contribution is 7.89. The molecule has 0 saturated carbocycles. The second kappa shape index (κ2) is 10.0. The lowest BCUT2D eigenvalue weighted by Crippen LogP contribution is -2.44. The molecule has 0 bridgehead atoms. The smallest absolute Gasteiger partial charge is 0.251 e. The van der Waals surface area contributed by atoms with E-state index < -0.39 is 15.6 Å². The lowest BCUT2D eigenvalue weighted by molar-refractivity contribution is 0.0908. The van der Waals surface area contributed by atoms with Gasteiger partial charge >= 0.3 is 0 Å². The molecular weight excluding hydrogens is 426 g/mol.